The lowest BCUT2D eigenvalue weighted by Gasteiger charge is -2.12. The summed E-state index contributed by atoms with van der Waals surface area (Å²) in [5.41, 5.74) is 0.208. The third kappa shape index (κ3) is 4.41. The van der Waals surface area contributed by atoms with Crippen LogP contribution in [0.2, 0.25) is 0 Å². The van der Waals surface area contributed by atoms with Crippen LogP contribution in [0, 0.1) is 0 Å². The summed E-state index contributed by atoms with van der Waals surface area (Å²) >= 11 is 0. The van der Waals surface area contributed by atoms with Gasteiger partial charge in [0.05, 0.1) is 5.56 Å². The van der Waals surface area contributed by atoms with Crippen LogP contribution in [0.25, 0.3) is 0 Å². The molecule has 2 aromatic carbocycles. The van der Waals surface area contributed by atoms with Crippen LogP contribution in [-0.2, 0) is 6.18 Å². The predicted molar refractivity (Wildman–Crippen MR) is 76.7 cm³/mol. The molecule has 0 amide bonds. The Morgan fingerprint density at radius 3 is 2.19 bits per heavy atom. The number of ether oxygens (including phenoxy) is 1. The van der Waals surface area contributed by atoms with Crippen LogP contribution in [0.5, 0.6) is 11.5 Å². The Hall–Kier alpha value is -2.17. The fourth-order valence-electron chi connectivity index (χ4n) is 1.82. The van der Waals surface area contributed by atoms with Crippen LogP contribution in [0.15, 0.2) is 48.5 Å². The Morgan fingerprint density at radius 2 is 1.62 bits per heavy atom. The Morgan fingerprint density at radius 1 is 0.952 bits per heavy atom. The molecule has 0 bridgehead atoms. The van der Waals surface area contributed by atoms with Crippen molar-refractivity contribution in [1.82, 2.24) is 0 Å². The average Bonchev–Trinajstić information content (AvgIpc) is 2.40. The Labute approximate surface area is 121 Å². The summed E-state index contributed by atoms with van der Waals surface area (Å²) in [5.74, 6) is 0.651. The lowest BCUT2D eigenvalue weighted by molar-refractivity contribution is -0.137. The van der Waals surface area contributed by atoms with Gasteiger partial charge < -0.3 is 10.1 Å². The summed E-state index contributed by atoms with van der Waals surface area (Å²) < 4.78 is 43.3. The largest absolute Gasteiger partial charge is 0.457 e. The maximum Gasteiger partial charge on any atom is 0.416 e. The number of rotatable bonds is 4. The van der Waals surface area contributed by atoms with Gasteiger partial charge in [0.25, 0.3) is 0 Å². The zero-order valence-electron chi connectivity index (χ0n) is 11.7. The number of hydrogen-bond donors (Lipinski definition) is 1. The van der Waals surface area contributed by atoms with Gasteiger partial charge in [-0.1, -0.05) is 6.07 Å². The van der Waals surface area contributed by atoms with Gasteiger partial charge in [0.2, 0.25) is 0 Å². The van der Waals surface area contributed by atoms with E-state index < -0.39 is 11.7 Å². The molecule has 0 heterocycles. The molecule has 0 atom stereocenters. The summed E-state index contributed by atoms with van der Waals surface area (Å²) in [7, 11) is 0. The molecule has 0 radical (unpaired) electrons. The van der Waals surface area contributed by atoms with Crippen LogP contribution in [0.4, 0.5) is 18.9 Å². The van der Waals surface area contributed by atoms with E-state index in [1.165, 1.54) is 12.1 Å². The summed E-state index contributed by atoms with van der Waals surface area (Å²) in [6.45, 7) is 4.04. The second-order valence-electron chi connectivity index (χ2n) is 4.95. The maximum absolute atomic E-state index is 12.6. The van der Waals surface area contributed by atoms with E-state index in [0.717, 1.165) is 17.8 Å². The molecule has 5 heteroatoms. The smallest absolute Gasteiger partial charge is 0.416 e. The Kier molecular flexibility index (Phi) is 4.40. The van der Waals surface area contributed by atoms with E-state index in [4.69, 9.17) is 4.74 Å². The van der Waals surface area contributed by atoms with E-state index in [-0.39, 0.29) is 5.75 Å². The van der Waals surface area contributed by atoms with E-state index in [2.05, 4.69) is 5.32 Å². The molecule has 0 aromatic heterocycles. The number of halogens is 3. The van der Waals surface area contributed by atoms with Gasteiger partial charge in [-0.2, -0.15) is 13.2 Å². The van der Waals surface area contributed by atoms with Crippen LogP contribution in [0.1, 0.15) is 19.4 Å². The zero-order chi connectivity index (χ0) is 15.5. The molecule has 2 nitrogen and oxygen atoms in total. The van der Waals surface area contributed by atoms with Crippen molar-refractivity contribution in [3.8, 4) is 11.5 Å². The molecule has 0 aliphatic carbocycles. The number of hydrogen-bond acceptors (Lipinski definition) is 2. The highest BCUT2D eigenvalue weighted by molar-refractivity contribution is 5.47. The molecule has 0 aliphatic heterocycles. The minimum atomic E-state index is -4.37. The van der Waals surface area contributed by atoms with Crippen molar-refractivity contribution in [1.29, 1.82) is 0 Å². The van der Waals surface area contributed by atoms with Crippen molar-refractivity contribution < 1.29 is 17.9 Å². The van der Waals surface area contributed by atoms with Gasteiger partial charge in [-0.3, -0.25) is 0 Å². The van der Waals surface area contributed by atoms with Gasteiger partial charge in [-0.05, 0) is 56.3 Å². The third-order valence-corrected chi connectivity index (χ3v) is 2.71. The fraction of sp³-hybridized carbons (Fsp3) is 0.250. The van der Waals surface area contributed by atoms with Crippen LogP contribution >= 0.6 is 0 Å². The first-order valence-corrected chi connectivity index (χ1v) is 6.56. The van der Waals surface area contributed by atoms with Crippen molar-refractivity contribution in [2.45, 2.75) is 26.1 Å². The first-order chi connectivity index (χ1) is 9.84. The minimum Gasteiger partial charge on any atom is -0.457 e. The zero-order valence-corrected chi connectivity index (χ0v) is 11.7. The molecule has 2 rings (SSSR count). The predicted octanol–water partition coefficient (Wildman–Crippen LogP) is 5.32. The molecule has 0 saturated carbocycles. The van der Waals surface area contributed by atoms with Crippen molar-refractivity contribution in [2.75, 3.05) is 5.32 Å². The Bertz CT molecular complexity index is 591. The van der Waals surface area contributed by atoms with Gasteiger partial charge in [-0.25, -0.2) is 0 Å². The monoisotopic (exact) mass is 295 g/mol. The minimum absolute atomic E-state index is 0.161. The summed E-state index contributed by atoms with van der Waals surface area (Å²) in [4.78, 5) is 0. The molecular weight excluding hydrogens is 279 g/mol. The van der Waals surface area contributed by atoms with Crippen LogP contribution in [0.3, 0.4) is 0 Å². The van der Waals surface area contributed by atoms with Crippen molar-refractivity contribution in [3.05, 3.63) is 54.1 Å². The lowest BCUT2D eigenvalue weighted by atomic mass is 10.2. The van der Waals surface area contributed by atoms with E-state index in [1.807, 2.05) is 26.0 Å². The second kappa shape index (κ2) is 6.08. The first-order valence-electron chi connectivity index (χ1n) is 6.56. The van der Waals surface area contributed by atoms with E-state index in [1.54, 1.807) is 12.1 Å². The summed E-state index contributed by atoms with van der Waals surface area (Å²) in [6.07, 6.45) is -4.37. The van der Waals surface area contributed by atoms with Gasteiger partial charge in [0, 0.05) is 11.7 Å². The highest BCUT2D eigenvalue weighted by atomic mass is 19.4. The number of alkyl halides is 3. The molecule has 2 aromatic rings. The van der Waals surface area contributed by atoms with Crippen molar-refractivity contribution >= 4 is 5.69 Å². The average molecular weight is 295 g/mol. The number of benzene rings is 2. The molecule has 0 fully saturated rings. The highest BCUT2D eigenvalue weighted by Crippen LogP contribution is 2.32. The molecule has 0 aliphatic rings. The van der Waals surface area contributed by atoms with Crippen LogP contribution < -0.4 is 10.1 Å². The summed E-state index contributed by atoms with van der Waals surface area (Å²) in [6, 6.07) is 12.2. The number of anilines is 1. The normalized spacial score (nSPS) is 11.5. The second-order valence-corrected chi connectivity index (χ2v) is 4.95. The topological polar surface area (TPSA) is 21.3 Å². The van der Waals surface area contributed by atoms with Gasteiger partial charge in [0.1, 0.15) is 11.5 Å². The standard InChI is InChI=1S/C16H16F3NO/c1-11(2)20-13-6-8-14(9-7-13)21-15-5-3-4-12(10-15)16(17,18)19/h3-11,20H,1-2H3. The third-order valence-electron chi connectivity index (χ3n) is 2.71. The quantitative estimate of drug-likeness (QED) is 0.824. The van der Waals surface area contributed by atoms with Gasteiger partial charge in [-0.15, -0.1) is 0 Å². The maximum atomic E-state index is 12.6. The fourth-order valence-corrected chi connectivity index (χ4v) is 1.82. The summed E-state index contributed by atoms with van der Waals surface area (Å²) in [5, 5.41) is 3.22. The molecule has 0 unspecified atom stereocenters. The molecular formula is C16H16F3NO. The highest BCUT2D eigenvalue weighted by Gasteiger charge is 2.30. The molecule has 1 N–H and O–H groups in total. The molecule has 112 valence electrons. The van der Waals surface area contributed by atoms with Crippen molar-refractivity contribution in [3.63, 3.8) is 0 Å². The first kappa shape index (κ1) is 15.2. The molecule has 21 heavy (non-hydrogen) atoms. The molecule has 0 spiro atoms. The van der Waals surface area contributed by atoms with E-state index in [9.17, 15) is 13.2 Å². The van der Waals surface area contributed by atoms with Crippen LogP contribution in [-0.4, -0.2) is 6.04 Å². The SMILES string of the molecule is CC(C)Nc1ccc(Oc2cccc(C(F)(F)F)c2)cc1. The van der Waals surface area contributed by atoms with Gasteiger partial charge >= 0.3 is 6.18 Å². The molecule has 0 saturated heterocycles. The van der Waals surface area contributed by atoms with Crippen molar-refractivity contribution in [2.24, 2.45) is 0 Å². The van der Waals surface area contributed by atoms with Gasteiger partial charge in [0.15, 0.2) is 0 Å². The van der Waals surface area contributed by atoms with E-state index in [0.29, 0.717) is 11.8 Å². The lowest BCUT2D eigenvalue weighted by Crippen LogP contribution is -2.09. The Balaban J connectivity index is 2.11. The number of nitrogens with one attached hydrogen (secondary N) is 1. The van der Waals surface area contributed by atoms with E-state index >= 15 is 0 Å².